The Labute approximate surface area is 114 Å². The van der Waals surface area contributed by atoms with Crippen LogP contribution < -0.4 is 5.32 Å². The van der Waals surface area contributed by atoms with E-state index in [0.717, 1.165) is 6.42 Å². The molecule has 0 atom stereocenters. The van der Waals surface area contributed by atoms with E-state index in [1.807, 2.05) is 21.6 Å². The fourth-order valence-corrected chi connectivity index (χ4v) is 4.09. The second-order valence-corrected chi connectivity index (χ2v) is 8.02. The van der Waals surface area contributed by atoms with Gasteiger partial charge >= 0.3 is 0 Å². The number of carbonyl (C=O) groups excluding carboxylic acids is 1. The molecule has 4 heteroatoms. The minimum absolute atomic E-state index is 0.145. The average molecular weight is 277 g/mol. The lowest BCUT2D eigenvalue weighted by Gasteiger charge is -2.22. The maximum atomic E-state index is 11.2. The van der Waals surface area contributed by atoms with Gasteiger partial charge < -0.3 is 5.32 Å². The number of unbranched alkanes of at least 4 members (excludes halogenated alkanes) is 3. The summed E-state index contributed by atoms with van der Waals surface area (Å²) in [6.45, 7) is 6.68. The first-order valence-electron chi connectivity index (χ1n) is 6.53. The summed E-state index contributed by atoms with van der Waals surface area (Å²) in [5, 5.41) is 2.67. The van der Waals surface area contributed by atoms with Gasteiger partial charge in [-0.25, -0.2) is 0 Å². The van der Waals surface area contributed by atoms with Crippen molar-refractivity contribution in [3.05, 3.63) is 0 Å². The molecule has 0 aromatic rings. The summed E-state index contributed by atoms with van der Waals surface area (Å²) in [5.41, 5.74) is 0. The Bertz CT molecular complexity index is 208. The van der Waals surface area contributed by atoms with E-state index in [0.29, 0.717) is 6.42 Å². The van der Waals surface area contributed by atoms with E-state index in [4.69, 9.17) is 0 Å². The van der Waals surface area contributed by atoms with Crippen LogP contribution in [0.2, 0.25) is 0 Å². The summed E-state index contributed by atoms with van der Waals surface area (Å²) in [6.07, 6.45) is 6.90. The van der Waals surface area contributed by atoms with Gasteiger partial charge in [-0.3, -0.25) is 4.79 Å². The molecule has 0 fully saturated rings. The molecule has 0 heterocycles. The third kappa shape index (κ3) is 11.0. The highest BCUT2D eigenvalue weighted by Gasteiger charge is 2.19. The molecule has 0 bridgehead atoms. The molecule has 0 saturated heterocycles. The predicted octanol–water partition coefficient (Wildman–Crippen LogP) is 4.25. The predicted molar refractivity (Wildman–Crippen MR) is 81.6 cm³/mol. The summed E-state index contributed by atoms with van der Waals surface area (Å²) in [5.74, 6) is 1.38. The molecule has 0 spiro atoms. The Kier molecular flexibility index (Phi) is 10.2. The fourth-order valence-electron chi connectivity index (χ4n) is 1.37. The van der Waals surface area contributed by atoms with Crippen LogP contribution in [0.15, 0.2) is 0 Å². The van der Waals surface area contributed by atoms with Gasteiger partial charge in [0.1, 0.15) is 0 Å². The van der Waals surface area contributed by atoms with Crippen molar-refractivity contribution in [3.63, 3.8) is 0 Å². The lowest BCUT2D eigenvalue weighted by Crippen LogP contribution is -2.22. The van der Waals surface area contributed by atoms with Crippen LogP contribution in [0.25, 0.3) is 0 Å². The molecule has 1 N–H and O–H groups in total. The third-order valence-corrected chi connectivity index (χ3v) is 6.03. The van der Waals surface area contributed by atoms with Gasteiger partial charge in [-0.2, -0.15) is 0 Å². The number of carbonyl (C=O) groups is 1. The Morgan fingerprint density at radius 1 is 1.24 bits per heavy atom. The van der Waals surface area contributed by atoms with E-state index >= 15 is 0 Å². The van der Waals surface area contributed by atoms with Gasteiger partial charge in [0.2, 0.25) is 5.91 Å². The van der Waals surface area contributed by atoms with Gasteiger partial charge in [-0.1, -0.05) is 47.8 Å². The van der Waals surface area contributed by atoms with Crippen molar-refractivity contribution >= 4 is 27.5 Å². The lowest BCUT2D eigenvalue weighted by atomic mass is 10.1. The summed E-state index contributed by atoms with van der Waals surface area (Å²) in [4.78, 5) is 11.2. The molecule has 0 rings (SSSR count). The molecule has 0 saturated carbocycles. The zero-order valence-corrected chi connectivity index (χ0v) is 13.3. The normalized spacial score (nSPS) is 11.5. The molecular weight excluding hydrogens is 250 g/mol. The van der Waals surface area contributed by atoms with Gasteiger partial charge in [0.05, 0.1) is 0 Å². The number of hydrogen-bond acceptors (Lipinski definition) is 3. The second-order valence-electron chi connectivity index (χ2n) is 4.90. The first-order chi connectivity index (χ1) is 8.02. The van der Waals surface area contributed by atoms with Crippen molar-refractivity contribution in [2.75, 3.05) is 12.8 Å². The Morgan fingerprint density at radius 3 is 2.53 bits per heavy atom. The van der Waals surface area contributed by atoms with Gasteiger partial charge in [0.25, 0.3) is 0 Å². The number of rotatable bonds is 10. The summed E-state index contributed by atoms with van der Waals surface area (Å²) in [7, 11) is 5.58. The van der Waals surface area contributed by atoms with Crippen LogP contribution in [0.4, 0.5) is 0 Å². The van der Waals surface area contributed by atoms with Crippen molar-refractivity contribution < 1.29 is 4.79 Å². The summed E-state index contributed by atoms with van der Waals surface area (Å²) in [6, 6.07) is 0. The van der Waals surface area contributed by atoms with E-state index in [1.165, 1.54) is 31.4 Å². The van der Waals surface area contributed by atoms with Crippen LogP contribution in [0.5, 0.6) is 0 Å². The molecule has 0 unspecified atom stereocenters. The molecule has 0 radical (unpaired) electrons. The van der Waals surface area contributed by atoms with E-state index in [-0.39, 0.29) is 10.7 Å². The molecule has 17 heavy (non-hydrogen) atoms. The Balaban J connectivity index is 3.53. The minimum atomic E-state index is 0.145. The number of nitrogens with one attached hydrogen (secondary N) is 1. The minimum Gasteiger partial charge on any atom is -0.359 e. The SMILES string of the molecule is CCCCCCSSC(C)(C)CCC(=O)NC. The van der Waals surface area contributed by atoms with Crippen LogP contribution in [0.3, 0.4) is 0 Å². The zero-order chi connectivity index (χ0) is 13.1. The lowest BCUT2D eigenvalue weighted by molar-refractivity contribution is -0.120. The molecular formula is C13H27NOS2. The van der Waals surface area contributed by atoms with Crippen LogP contribution in [0.1, 0.15) is 59.3 Å². The molecule has 0 aromatic heterocycles. The van der Waals surface area contributed by atoms with Gasteiger partial charge in [-0.15, -0.1) is 0 Å². The van der Waals surface area contributed by atoms with Crippen LogP contribution in [0, 0.1) is 0 Å². The standard InChI is InChI=1S/C13H27NOS2/c1-5-6-7-8-11-16-17-13(2,3)10-9-12(15)14-4/h5-11H2,1-4H3,(H,14,15). The molecule has 0 aliphatic heterocycles. The van der Waals surface area contributed by atoms with E-state index < -0.39 is 0 Å². The van der Waals surface area contributed by atoms with Crippen molar-refractivity contribution in [1.82, 2.24) is 5.32 Å². The number of amides is 1. The molecule has 0 aliphatic rings. The van der Waals surface area contributed by atoms with Crippen molar-refractivity contribution in [2.45, 2.75) is 64.0 Å². The second kappa shape index (κ2) is 10.1. The maximum absolute atomic E-state index is 11.2. The third-order valence-electron chi connectivity index (χ3n) is 2.60. The van der Waals surface area contributed by atoms with Crippen molar-refractivity contribution in [3.8, 4) is 0 Å². The highest BCUT2D eigenvalue weighted by atomic mass is 33.1. The average Bonchev–Trinajstić information content (AvgIpc) is 2.30. The molecule has 0 aromatic carbocycles. The quantitative estimate of drug-likeness (QED) is 0.478. The summed E-state index contributed by atoms with van der Waals surface area (Å²) >= 11 is 0. The van der Waals surface area contributed by atoms with E-state index in [1.54, 1.807) is 7.05 Å². The number of hydrogen-bond donors (Lipinski definition) is 1. The van der Waals surface area contributed by atoms with Crippen molar-refractivity contribution in [1.29, 1.82) is 0 Å². The van der Waals surface area contributed by atoms with Crippen molar-refractivity contribution in [2.24, 2.45) is 0 Å². The topological polar surface area (TPSA) is 29.1 Å². The van der Waals surface area contributed by atoms with Crippen LogP contribution in [-0.4, -0.2) is 23.5 Å². The largest absolute Gasteiger partial charge is 0.359 e. The van der Waals surface area contributed by atoms with Gasteiger partial charge in [0, 0.05) is 24.0 Å². The highest BCUT2D eigenvalue weighted by Crippen LogP contribution is 2.39. The smallest absolute Gasteiger partial charge is 0.219 e. The molecule has 2 nitrogen and oxygen atoms in total. The monoisotopic (exact) mass is 277 g/mol. The Hall–Kier alpha value is 0.170. The van der Waals surface area contributed by atoms with Crippen LogP contribution >= 0.6 is 21.6 Å². The van der Waals surface area contributed by atoms with E-state index in [9.17, 15) is 4.79 Å². The first kappa shape index (κ1) is 17.2. The molecule has 102 valence electrons. The maximum Gasteiger partial charge on any atom is 0.219 e. The molecule has 0 aliphatic carbocycles. The zero-order valence-electron chi connectivity index (χ0n) is 11.7. The Morgan fingerprint density at radius 2 is 1.94 bits per heavy atom. The fraction of sp³-hybridized carbons (Fsp3) is 0.923. The summed E-state index contributed by atoms with van der Waals surface area (Å²) < 4.78 is 0.196. The first-order valence-corrected chi connectivity index (χ1v) is 8.85. The van der Waals surface area contributed by atoms with Crippen LogP contribution in [-0.2, 0) is 4.79 Å². The van der Waals surface area contributed by atoms with Gasteiger partial charge in [0.15, 0.2) is 0 Å². The molecule has 1 amide bonds. The highest BCUT2D eigenvalue weighted by molar-refractivity contribution is 8.77. The van der Waals surface area contributed by atoms with Gasteiger partial charge in [-0.05, 0) is 26.7 Å². The van der Waals surface area contributed by atoms with E-state index in [2.05, 4.69) is 26.1 Å².